The van der Waals surface area contributed by atoms with Gasteiger partial charge in [-0.3, -0.25) is 0 Å². The normalized spacial score (nSPS) is 42.9. The van der Waals surface area contributed by atoms with Gasteiger partial charge in [-0.25, -0.2) is 0 Å². The molecule has 2 saturated heterocycles. The van der Waals surface area contributed by atoms with Crippen LogP contribution in [0.4, 0.5) is 0 Å². The van der Waals surface area contributed by atoms with Gasteiger partial charge in [-0.15, -0.1) is 0 Å². The third kappa shape index (κ3) is 1.18. The third-order valence-electron chi connectivity index (χ3n) is 3.81. The van der Waals surface area contributed by atoms with Crippen molar-refractivity contribution in [3.63, 3.8) is 0 Å². The van der Waals surface area contributed by atoms with Crippen molar-refractivity contribution in [2.24, 2.45) is 5.41 Å². The van der Waals surface area contributed by atoms with Crippen molar-refractivity contribution in [1.29, 1.82) is 0 Å². The Kier molecular flexibility index (Phi) is 2.11. The topological polar surface area (TPSA) is 9.23 Å². The van der Waals surface area contributed by atoms with Gasteiger partial charge >= 0.3 is 0 Å². The van der Waals surface area contributed by atoms with Crippen molar-refractivity contribution in [1.82, 2.24) is 0 Å². The fourth-order valence-electron chi connectivity index (χ4n) is 2.98. The van der Waals surface area contributed by atoms with Gasteiger partial charge in [0.05, 0.1) is 11.7 Å². The van der Waals surface area contributed by atoms with Gasteiger partial charge in [0.25, 0.3) is 0 Å². The lowest BCUT2D eigenvalue weighted by Gasteiger charge is -2.32. The van der Waals surface area contributed by atoms with Crippen molar-refractivity contribution >= 4 is 0 Å². The number of rotatable bonds is 1. The molecule has 78 valence electrons. The molecular weight excluding hydrogens is 172 g/mol. The SMILES string of the molecule is C/C=C/C=C1\C2(C)CCC(O2)C1(C)C. The van der Waals surface area contributed by atoms with Crippen LogP contribution in [0, 0.1) is 5.41 Å². The number of hydrogen-bond donors (Lipinski definition) is 0. The summed E-state index contributed by atoms with van der Waals surface area (Å²) in [7, 11) is 0. The summed E-state index contributed by atoms with van der Waals surface area (Å²) in [5.74, 6) is 0. The van der Waals surface area contributed by atoms with Gasteiger partial charge in [-0.2, -0.15) is 0 Å². The fraction of sp³-hybridized carbons (Fsp3) is 0.692. The van der Waals surface area contributed by atoms with Crippen LogP contribution in [0.5, 0.6) is 0 Å². The van der Waals surface area contributed by atoms with Gasteiger partial charge in [-0.05, 0) is 32.3 Å². The van der Waals surface area contributed by atoms with Gasteiger partial charge < -0.3 is 4.74 Å². The van der Waals surface area contributed by atoms with E-state index in [-0.39, 0.29) is 11.0 Å². The summed E-state index contributed by atoms with van der Waals surface area (Å²) in [6.07, 6.45) is 9.30. The molecule has 1 heteroatoms. The molecule has 2 bridgehead atoms. The fourth-order valence-corrected chi connectivity index (χ4v) is 2.98. The second-order valence-electron chi connectivity index (χ2n) is 5.20. The van der Waals surface area contributed by atoms with Crippen LogP contribution < -0.4 is 0 Å². The maximum atomic E-state index is 6.08. The van der Waals surface area contributed by atoms with Crippen molar-refractivity contribution < 1.29 is 4.74 Å². The van der Waals surface area contributed by atoms with Crippen LogP contribution in [0.2, 0.25) is 0 Å². The van der Waals surface area contributed by atoms with Crippen LogP contribution in [0.25, 0.3) is 0 Å². The molecule has 0 saturated carbocycles. The summed E-state index contributed by atoms with van der Waals surface area (Å²) in [6.45, 7) is 8.90. The average molecular weight is 192 g/mol. The van der Waals surface area contributed by atoms with Crippen molar-refractivity contribution in [2.75, 3.05) is 0 Å². The lowest BCUT2D eigenvalue weighted by atomic mass is 9.68. The predicted molar refractivity (Wildman–Crippen MR) is 59.2 cm³/mol. The lowest BCUT2D eigenvalue weighted by Crippen LogP contribution is -2.32. The molecule has 2 rings (SSSR count). The van der Waals surface area contributed by atoms with E-state index < -0.39 is 0 Å². The first kappa shape index (κ1) is 9.97. The first-order valence-electron chi connectivity index (χ1n) is 5.52. The highest BCUT2D eigenvalue weighted by molar-refractivity contribution is 5.35. The minimum Gasteiger partial charge on any atom is -0.367 e. The molecule has 0 radical (unpaired) electrons. The van der Waals surface area contributed by atoms with E-state index in [1.807, 2.05) is 0 Å². The monoisotopic (exact) mass is 192 g/mol. The van der Waals surface area contributed by atoms with Gasteiger partial charge in [0, 0.05) is 5.41 Å². The molecule has 2 aliphatic heterocycles. The van der Waals surface area contributed by atoms with Crippen LogP contribution >= 0.6 is 0 Å². The number of ether oxygens (including phenoxy) is 1. The summed E-state index contributed by atoms with van der Waals surface area (Å²) in [5, 5.41) is 0. The summed E-state index contributed by atoms with van der Waals surface area (Å²) in [5.41, 5.74) is 1.72. The van der Waals surface area contributed by atoms with Crippen molar-refractivity contribution in [3.8, 4) is 0 Å². The Hall–Kier alpha value is -0.560. The smallest absolute Gasteiger partial charge is 0.0877 e. The Balaban J connectivity index is 2.39. The van der Waals surface area contributed by atoms with E-state index in [4.69, 9.17) is 4.74 Å². The molecule has 2 heterocycles. The first-order valence-corrected chi connectivity index (χ1v) is 5.52. The average Bonchev–Trinajstić information content (AvgIpc) is 2.55. The highest BCUT2D eigenvalue weighted by atomic mass is 16.5. The summed E-state index contributed by atoms with van der Waals surface area (Å²) in [4.78, 5) is 0. The van der Waals surface area contributed by atoms with E-state index in [0.29, 0.717) is 6.10 Å². The molecule has 2 atom stereocenters. The Morgan fingerprint density at radius 3 is 2.57 bits per heavy atom. The van der Waals surface area contributed by atoms with Crippen LogP contribution in [-0.2, 0) is 4.74 Å². The zero-order chi connectivity index (χ0) is 10.4. The molecular formula is C13H20O. The first-order chi connectivity index (χ1) is 6.50. The van der Waals surface area contributed by atoms with Gasteiger partial charge in [0.15, 0.2) is 0 Å². The van der Waals surface area contributed by atoms with E-state index in [1.54, 1.807) is 0 Å². The molecule has 2 fully saturated rings. The molecule has 0 N–H and O–H groups in total. The predicted octanol–water partition coefficient (Wildman–Crippen LogP) is 3.47. The van der Waals surface area contributed by atoms with E-state index in [0.717, 1.165) is 0 Å². The molecule has 0 aromatic rings. The minimum absolute atomic E-state index is 0.0215. The minimum atomic E-state index is 0.0215. The molecule has 1 nitrogen and oxygen atoms in total. The van der Waals surface area contributed by atoms with Crippen LogP contribution in [0.3, 0.4) is 0 Å². The number of allylic oxidation sites excluding steroid dienone is 3. The van der Waals surface area contributed by atoms with E-state index in [9.17, 15) is 0 Å². The molecule has 14 heavy (non-hydrogen) atoms. The largest absolute Gasteiger partial charge is 0.367 e. The lowest BCUT2D eigenvalue weighted by molar-refractivity contribution is 0.0232. The van der Waals surface area contributed by atoms with Crippen LogP contribution in [-0.4, -0.2) is 11.7 Å². The Bertz CT molecular complexity index is 292. The third-order valence-corrected chi connectivity index (χ3v) is 3.81. The zero-order valence-corrected chi connectivity index (χ0v) is 9.63. The molecule has 0 aromatic heterocycles. The Labute approximate surface area is 86.8 Å². The van der Waals surface area contributed by atoms with Gasteiger partial charge in [-0.1, -0.05) is 32.1 Å². The maximum Gasteiger partial charge on any atom is 0.0877 e. The molecule has 0 aliphatic carbocycles. The second kappa shape index (κ2) is 2.96. The standard InChI is InChI=1S/C13H20O/c1-5-6-7-10-12(2,3)11-8-9-13(10,4)14-11/h5-7,11H,8-9H2,1-4H3/b6-5+,10-7-. The maximum absolute atomic E-state index is 6.08. The second-order valence-corrected chi connectivity index (χ2v) is 5.20. The highest BCUT2D eigenvalue weighted by Gasteiger charge is 2.56. The van der Waals surface area contributed by atoms with Gasteiger partial charge in [0.1, 0.15) is 0 Å². The number of fused-ring (bicyclic) bond motifs is 2. The van der Waals surface area contributed by atoms with E-state index >= 15 is 0 Å². The van der Waals surface area contributed by atoms with Gasteiger partial charge in [0.2, 0.25) is 0 Å². The van der Waals surface area contributed by atoms with E-state index in [1.165, 1.54) is 18.4 Å². The molecule has 0 amide bonds. The number of hydrogen-bond acceptors (Lipinski definition) is 1. The Morgan fingerprint density at radius 2 is 2.07 bits per heavy atom. The summed E-state index contributed by atoms with van der Waals surface area (Å²) >= 11 is 0. The molecule has 2 unspecified atom stereocenters. The Morgan fingerprint density at radius 1 is 1.36 bits per heavy atom. The quantitative estimate of drug-likeness (QED) is 0.618. The molecule has 0 aromatic carbocycles. The zero-order valence-electron chi connectivity index (χ0n) is 9.63. The highest BCUT2D eigenvalue weighted by Crippen LogP contribution is 2.57. The van der Waals surface area contributed by atoms with Crippen LogP contribution in [0.1, 0.15) is 40.5 Å². The van der Waals surface area contributed by atoms with Crippen LogP contribution in [0.15, 0.2) is 23.8 Å². The van der Waals surface area contributed by atoms with Crippen molar-refractivity contribution in [3.05, 3.63) is 23.8 Å². The molecule has 0 spiro atoms. The molecule has 2 aliphatic rings. The summed E-state index contributed by atoms with van der Waals surface area (Å²) < 4.78 is 6.08. The van der Waals surface area contributed by atoms with E-state index in [2.05, 4.69) is 45.9 Å². The summed E-state index contributed by atoms with van der Waals surface area (Å²) in [6, 6.07) is 0. The van der Waals surface area contributed by atoms with Crippen molar-refractivity contribution in [2.45, 2.75) is 52.2 Å².